The number of hydrogen-bond acceptors (Lipinski definition) is 1. The summed E-state index contributed by atoms with van der Waals surface area (Å²) in [7, 11) is 6.13. The van der Waals surface area contributed by atoms with Crippen molar-refractivity contribution in [3.8, 4) is 0 Å². The molecule has 0 aliphatic carbocycles. The zero-order chi connectivity index (χ0) is 7.33. The van der Waals surface area contributed by atoms with Crippen LogP contribution >= 0.6 is 0 Å². The van der Waals surface area contributed by atoms with Crippen molar-refractivity contribution in [3.05, 3.63) is 0 Å². The molecule has 0 bridgehead atoms. The molecule has 0 fully saturated rings. The molecule has 0 aromatic heterocycles. The average molecular weight is 136 g/mol. The molecule has 9 heavy (non-hydrogen) atoms. The first-order valence-electron chi connectivity index (χ1n) is 3.00. The lowest BCUT2D eigenvalue weighted by Crippen LogP contribution is -2.37. The summed E-state index contributed by atoms with van der Waals surface area (Å²) in [5.74, 6) is 0. The SMILES string of the molecule is C[N+](C)(C)CCOCF. The predicted octanol–water partition coefficient (Wildman–Crippen LogP) is 0.636. The molecule has 0 spiro atoms. The number of likely N-dealkylation sites (N-methyl/N-ethyl adjacent to an activating group) is 1. The van der Waals surface area contributed by atoms with Crippen molar-refractivity contribution in [3.63, 3.8) is 0 Å². The minimum Gasteiger partial charge on any atom is -0.345 e. The highest BCUT2D eigenvalue weighted by molar-refractivity contribution is 4.23. The first-order valence-corrected chi connectivity index (χ1v) is 3.00. The predicted molar refractivity (Wildman–Crippen MR) is 34.8 cm³/mol. The Morgan fingerprint density at radius 2 is 1.89 bits per heavy atom. The number of ether oxygens (including phenoxy) is 1. The maximum atomic E-state index is 11.3. The van der Waals surface area contributed by atoms with E-state index < -0.39 is 6.86 Å². The third-order valence-electron chi connectivity index (χ3n) is 0.984. The second-order valence-corrected chi connectivity index (χ2v) is 3.03. The van der Waals surface area contributed by atoms with Gasteiger partial charge < -0.3 is 9.22 Å². The summed E-state index contributed by atoms with van der Waals surface area (Å²) in [4.78, 5) is 0. The van der Waals surface area contributed by atoms with E-state index in [0.717, 1.165) is 11.0 Å². The van der Waals surface area contributed by atoms with E-state index in [1.807, 2.05) is 21.1 Å². The molecule has 0 aromatic carbocycles. The second kappa shape index (κ2) is 3.80. The van der Waals surface area contributed by atoms with Crippen LogP contribution in [0.3, 0.4) is 0 Å². The van der Waals surface area contributed by atoms with Crippen molar-refractivity contribution < 1.29 is 13.6 Å². The lowest BCUT2D eigenvalue weighted by Gasteiger charge is -2.22. The highest BCUT2D eigenvalue weighted by Crippen LogP contribution is 1.88. The van der Waals surface area contributed by atoms with Gasteiger partial charge in [-0.3, -0.25) is 0 Å². The Bertz CT molecular complexity index is 69.9. The zero-order valence-electron chi connectivity index (χ0n) is 6.35. The maximum Gasteiger partial charge on any atom is 0.188 e. The van der Waals surface area contributed by atoms with Crippen LogP contribution in [0.2, 0.25) is 0 Å². The van der Waals surface area contributed by atoms with Crippen molar-refractivity contribution in [2.75, 3.05) is 41.2 Å². The molecule has 3 heteroatoms. The van der Waals surface area contributed by atoms with Gasteiger partial charge >= 0.3 is 0 Å². The quantitative estimate of drug-likeness (QED) is 0.407. The molecule has 0 aliphatic rings. The van der Waals surface area contributed by atoms with Crippen LogP contribution < -0.4 is 0 Å². The largest absolute Gasteiger partial charge is 0.345 e. The summed E-state index contributed by atoms with van der Waals surface area (Å²) in [6.07, 6.45) is 0. The summed E-state index contributed by atoms with van der Waals surface area (Å²) in [6.45, 7) is 0.684. The lowest BCUT2D eigenvalue weighted by molar-refractivity contribution is -0.870. The van der Waals surface area contributed by atoms with Gasteiger partial charge in [0.25, 0.3) is 0 Å². The van der Waals surface area contributed by atoms with Crippen molar-refractivity contribution in [1.29, 1.82) is 0 Å². The van der Waals surface area contributed by atoms with Crippen LogP contribution in [0, 0.1) is 0 Å². The lowest BCUT2D eigenvalue weighted by atomic mass is 10.5. The molecule has 0 atom stereocenters. The third kappa shape index (κ3) is 7.85. The highest BCUT2D eigenvalue weighted by Gasteiger charge is 2.04. The van der Waals surface area contributed by atoms with Gasteiger partial charge in [0.05, 0.1) is 27.7 Å². The van der Waals surface area contributed by atoms with Crippen LogP contribution in [0.25, 0.3) is 0 Å². The van der Waals surface area contributed by atoms with E-state index in [4.69, 9.17) is 0 Å². The summed E-state index contributed by atoms with van der Waals surface area (Å²) >= 11 is 0. The van der Waals surface area contributed by atoms with Gasteiger partial charge in [-0.25, -0.2) is 4.39 Å². The maximum absolute atomic E-state index is 11.3. The number of nitrogens with zero attached hydrogens (tertiary/aromatic N) is 1. The van der Waals surface area contributed by atoms with Crippen LogP contribution in [0.1, 0.15) is 0 Å². The summed E-state index contributed by atoms with van der Waals surface area (Å²) in [5.41, 5.74) is 0. The molecule has 0 aliphatic heterocycles. The fourth-order valence-corrected chi connectivity index (χ4v) is 0.393. The number of rotatable bonds is 4. The van der Waals surface area contributed by atoms with Crippen LogP contribution in [0.5, 0.6) is 0 Å². The smallest absolute Gasteiger partial charge is 0.188 e. The first-order chi connectivity index (χ1) is 4.06. The molecular formula is C6H15FNO+. The van der Waals surface area contributed by atoms with E-state index in [0.29, 0.717) is 6.61 Å². The molecule has 0 unspecified atom stereocenters. The molecule has 0 saturated carbocycles. The van der Waals surface area contributed by atoms with E-state index in [1.54, 1.807) is 0 Å². The molecular weight excluding hydrogens is 121 g/mol. The molecule has 0 radical (unpaired) electrons. The molecule has 2 nitrogen and oxygen atoms in total. The van der Waals surface area contributed by atoms with Crippen LogP contribution in [0.15, 0.2) is 0 Å². The number of alkyl halides is 1. The Labute approximate surface area is 55.8 Å². The Morgan fingerprint density at radius 3 is 2.22 bits per heavy atom. The Kier molecular flexibility index (Phi) is 3.73. The normalized spacial score (nSPS) is 12.0. The van der Waals surface area contributed by atoms with Gasteiger partial charge in [-0.2, -0.15) is 0 Å². The van der Waals surface area contributed by atoms with Crippen molar-refractivity contribution >= 4 is 0 Å². The molecule has 56 valence electrons. The van der Waals surface area contributed by atoms with Gasteiger partial charge in [0, 0.05) is 0 Å². The average Bonchev–Trinajstić information content (AvgIpc) is 1.63. The fourth-order valence-electron chi connectivity index (χ4n) is 0.393. The van der Waals surface area contributed by atoms with Crippen molar-refractivity contribution in [1.82, 2.24) is 0 Å². The topological polar surface area (TPSA) is 9.23 Å². The Balaban J connectivity index is 3.07. The molecule has 0 rings (SSSR count). The summed E-state index contributed by atoms with van der Waals surface area (Å²) in [5, 5.41) is 0. The van der Waals surface area contributed by atoms with Gasteiger partial charge in [0.15, 0.2) is 6.86 Å². The molecule has 0 saturated heterocycles. The standard InChI is InChI=1S/C6H15FNO/c1-8(2,3)4-5-9-6-7/h4-6H2,1-3H3/q+1. The van der Waals surface area contributed by atoms with Crippen LogP contribution in [0.4, 0.5) is 4.39 Å². The minimum atomic E-state index is -0.667. The van der Waals surface area contributed by atoms with Gasteiger partial charge in [-0.05, 0) is 0 Å². The van der Waals surface area contributed by atoms with Crippen LogP contribution in [-0.2, 0) is 4.74 Å². The third-order valence-corrected chi connectivity index (χ3v) is 0.984. The van der Waals surface area contributed by atoms with E-state index in [-0.39, 0.29) is 0 Å². The van der Waals surface area contributed by atoms with Gasteiger partial charge in [-0.15, -0.1) is 0 Å². The van der Waals surface area contributed by atoms with Gasteiger partial charge in [-0.1, -0.05) is 0 Å². The first kappa shape index (κ1) is 8.85. The zero-order valence-corrected chi connectivity index (χ0v) is 6.35. The Hall–Kier alpha value is -0.150. The molecule has 0 amide bonds. The number of halogens is 1. The van der Waals surface area contributed by atoms with Gasteiger partial charge in [0.2, 0.25) is 0 Å². The van der Waals surface area contributed by atoms with E-state index in [1.165, 1.54) is 0 Å². The fraction of sp³-hybridized carbons (Fsp3) is 1.00. The monoisotopic (exact) mass is 136 g/mol. The minimum absolute atomic E-state index is 0.500. The van der Waals surface area contributed by atoms with E-state index in [9.17, 15) is 4.39 Å². The second-order valence-electron chi connectivity index (χ2n) is 3.03. The van der Waals surface area contributed by atoms with Gasteiger partial charge in [0.1, 0.15) is 6.54 Å². The number of quaternary nitrogens is 1. The molecule has 0 N–H and O–H groups in total. The van der Waals surface area contributed by atoms with Crippen LogP contribution in [-0.4, -0.2) is 45.6 Å². The van der Waals surface area contributed by atoms with E-state index >= 15 is 0 Å². The summed E-state index contributed by atoms with van der Waals surface area (Å²) < 4.78 is 16.7. The number of hydrogen-bond donors (Lipinski definition) is 0. The van der Waals surface area contributed by atoms with E-state index in [2.05, 4.69) is 4.74 Å². The molecule has 0 heterocycles. The van der Waals surface area contributed by atoms with Crippen molar-refractivity contribution in [2.24, 2.45) is 0 Å². The summed E-state index contributed by atoms with van der Waals surface area (Å²) in [6, 6.07) is 0. The highest BCUT2D eigenvalue weighted by atomic mass is 19.1. The Morgan fingerprint density at radius 1 is 1.33 bits per heavy atom. The molecule has 0 aromatic rings. The van der Waals surface area contributed by atoms with Crippen molar-refractivity contribution in [2.45, 2.75) is 0 Å².